The summed E-state index contributed by atoms with van der Waals surface area (Å²) in [5.41, 5.74) is 1.18. The predicted octanol–water partition coefficient (Wildman–Crippen LogP) is 3.70. The second kappa shape index (κ2) is 9.40. The minimum Gasteiger partial charge on any atom is -0.350 e. The molecule has 4 rings (SSSR count). The largest absolute Gasteiger partial charge is 0.350 e. The van der Waals surface area contributed by atoms with E-state index in [4.69, 9.17) is 0 Å². The molecule has 168 valence electrons. The third kappa shape index (κ3) is 5.55. The number of rotatable bonds is 8. The summed E-state index contributed by atoms with van der Waals surface area (Å²) >= 11 is 1.71. The van der Waals surface area contributed by atoms with Crippen LogP contribution in [0.25, 0.3) is 0 Å². The predicted molar refractivity (Wildman–Crippen MR) is 124 cm³/mol. The molecule has 1 saturated carbocycles. The summed E-state index contributed by atoms with van der Waals surface area (Å²) < 4.78 is 27.8. The molecular weight excluding hydrogens is 430 g/mol. The Bertz CT molecular complexity index is 1010. The van der Waals surface area contributed by atoms with Crippen molar-refractivity contribution in [3.63, 3.8) is 0 Å². The quantitative estimate of drug-likeness (QED) is 0.628. The fourth-order valence-electron chi connectivity index (χ4n) is 4.02. The third-order valence-corrected chi connectivity index (χ3v) is 8.74. The van der Waals surface area contributed by atoms with Crippen molar-refractivity contribution in [1.29, 1.82) is 0 Å². The first-order valence-corrected chi connectivity index (χ1v) is 13.4. The first-order valence-electron chi connectivity index (χ1n) is 11.0. The van der Waals surface area contributed by atoms with Crippen molar-refractivity contribution in [2.45, 2.75) is 56.5 Å². The van der Waals surface area contributed by atoms with Crippen LogP contribution in [-0.4, -0.2) is 44.9 Å². The molecule has 1 atom stereocenters. The minimum atomic E-state index is -3.60. The molecule has 2 fully saturated rings. The third-order valence-electron chi connectivity index (χ3n) is 6.25. The first kappa shape index (κ1) is 22.5. The van der Waals surface area contributed by atoms with Crippen LogP contribution in [0.1, 0.15) is 59.4 Å². The fourth-order valence-corrected chi connectivity index (χ4v) is 6.21. The number of likely N-dealkylation sites (tertiary alicyclic amines) is 1. The fraction of sp³-hybridized carbons (Fsp3) is 0.522. The molecule has 1 saturated heterocycles. The number of thiophene rings is 1. The van der Waals surface area contributed by atoms with Gasteiger partial charge >= 0.3 is 0 Å². The number of nitrogens with one attached hydrogen (secondary N) is 2. The molecule has 0 bridgehead atoms. The van der Waals surface area contributed by atoms with Crippen molar-refractivity contribution in [3.8, 4) is 0 Å². The Hall–Kier alpha value is -1.74. The van der Waals surface area contributed by atoms with Crippen LogP contribution >= 0.6 is 11.3 Å². The Balaban J connectivity index is 1.48. The Kier molecular flexibility index (Phi) is 6.81. The maximum absolute atomic E-state index is 13.0. The molecule has 1 aromatic heterocycles. The smallest absolute Gasteiger partial charge is 0.251 e. The number of nitrogens with zero attached hydrogens (tertiary/aromatic N) is 1. The van der Waals surface area contributed by atoms with Gasteiger partial charge in [0.15, 0.2) is 0 Å². The van der Waals surface area contributed by atoms with E-state index in [1.165, 1.54) is 23.8 Å². The van der Waals surface area contributed by atoms with Gasteiger partial charge in [0.1, 0.15) is 0 Å². The molecule has 2 heterocycles. The van der Waals surface area contributed by atoms with E-state index in [9.17, 15) is 13.2 Å². The molecule has 1 aliphatic carbocycles. The SMILES string of the molecule is Cc1ccc(S(=O)(=O)NC2CC2)cc1C(=O)NCC(c1cccs1)N1CCC(C)CC1. The monoisotopic (exact) mass is 461 g/mol. The van der Waals surface area contributed by atoms with Crippen molar-refractivity contribution in [2.75, 3.05) is 19.6 Å². The van der Waals surface area contributed by atoms with E-state index in [1.54, 1.807) is 23.5 Å². The summed E-state index contributed by atoms with van der Waals surface area (Å²) in [6, 6.07) is 9.12. The van der Waals surface area contributed by atoms with Crippen molar-refractivity contribution in [3.05, 3.63) is 51.7 Å². The van der Waals surface area contributed by atoms with E-state index in [2.05, 4.69) is 33.3 Å². The van der Waals surface area contributed by atoms with E-state index in [1.807, 2.05) is 13.0 Å². The van der Waals surface area contributed by atoms with Crippen LogP contribution in [-0.2, 0) is 10.0 Å². The molecule has 8 heteroatoms. The van der Waals surface area contributed by atoms with Gasteiger partial charge in [-0.2, -0.15) is 0 Å². The van der Waals surface area contributed by atoms with Gasteiger partial charge in [-0.3, -0.25) is 9.69 Å². The van der Waals surface area contributed by atoms with Crippen LogP contribution in [0.15, 0.2) is 40.6 Å². The van der Waals surface area contributed by atoms with E-state index < -0.39 is 10.0 Å². The summed E-state index contributed by atoms with van der Waals surface area (Å²) in [6.07, 6.45) is 4.08. The number of benzene rings is 1. The van der Waals surface area contributed by atoms with Gasteiger partial charge in [-0.25, -0.2) is 13.1 Å². The number of carbonyl (C=O) groups is 1. The minimum absolute atomic E-state index is 0.0300. The number of aryl methyl sites for hydroxylation is 1. The summed E-state index contributed by atoms with van der Waals surface area (Å²) in [7, 11) is -3.60. The second-order valence-corrected chi connectivity index (χ2v) is 11.5. The summed E-state index contributed by atoms with van der Waals surface area (Å²) in [5.74, 6) is 0.513. The number of sulfonamides is 1. The highest BCUT2D eigenvalue weighted by Crippen LogP contribution is 2.29. The lowest BCUT2D eigenvalue weighted by molar-refractivity contribution is 0.0914. The molecule has 0 radical (unpaired) electrons. The summed E-state index contributed by atoms with van der Waals surface area (Å²) in [5, 5.41) is 5.15. The number of hydrogen-bond donors (Lipinski definition) is 2. The highest BCUT2D eigenvalue weighted by atomic mass is 32.2. The van der Waals surface area contributed by atoms with E-state index in [0.29, 0.717) is 12.1 Å². The van der Waals surface area contributed by atoms with Gasteiger partial charge in [0.2, 0.25) is 10.0 Å². The Morgan fingerprint density at radius 3 is 2.58 bits per heavy atom. The van der Waals surface area contributed by atoms with Crippen molar-refractivity contribution in [2.24, 2.45) is 5.92 Å². The standard InChI is InChI=1S/C23H31N3O3S2/c1-16-9-11-26(12-10-16)21(22-4-3-13-30-22)15-24-23(27)20-14-19(8-5-17(20)2)31(28,29)25-18-6-7-18/h3-5,8,13-14,16,18,21,25H,6-7,9-12,15H2,1-2H3,(H,24,27). The van der Waals surface area contributed by atoms with E-state index in [0.717, 1.165) is 37.4 Å². The molecule has 0 spiro atoms. The maximum atomic E-state index is 13.0. The van der Waals surface area contributed by atoms with Crippen molar-refractivity contribution >= 4 is 27.3 Å². The van der Waals surface area contributed by atoms with Gasteiger partial charge < -0.3 is 5.32 Å². The number of piperidine rings is 1. The molecule has 2 N–H and O–H groups in total. The zero-order valence-corrected chi connectivity index (χ0v) is 19.8. The lowest BCUT2D eigenvalue weighted by Crippen LogP contribution is -2.41. The molecule has 1 amide bonds. The number of amides is 1. The number of carbonyl (C=O) groups excluding carboxylic acids is 1. The zero-order valence-electron chi connectivity index (χ0n) is 18.1. The van der Waals surface area contributed by atoms with Gasteiger partial charge in [0.25, 0.3) is 5.91 Å². The second-order valence-electron chi connectivity index (χ2n) is 8.83. The Morgan fingerprint density at radius 2 is 1.94 bits per heavy atom. The van der Waals surface area contributed by atoms with Crippen LogP contribution in [0.4, 0.5) is 0 Å². The van der Waals surface area contributed by atoms with Crippen LogP contribution in [0.3, 0.4) is 0 Å². The van der Waals surface area contributed by atoms with Crippen LogP contribution in [0.5, 0.6) is 0 Å². The van der Waals surface area contributed by atoms with Gasteiger partial charge in [-0.1, -0.05) is 19.1 Å². The maximum Gasteiger partial charge on any atom is 0.251 e. The zero-order chi connectivity index (χ0) is 22.0. The molecule has 1 unspecified atom stereocenters. The van der Waals surface area contributed by atoms with Crippen LogP contribution < -0.4 is 10.0 Å². The highest BCUT2D eigenvalue weighted by Gasteiger charge is 2.29. The molecular formula is C23H31N3O3S2. The average molecular weight is 462 g/mol. The van der Waals surface area contributed by atoms with Gasteiger partial charge in [-0.05, 0) is 80.8 Å². The molecule has 2 aromatic rings. The summed E-state index contributed by atoms with van der Waals surface area (Å²) in [4.78, 5) is 16.9. The van der Waals surface area contributed by atoms with E-state index in [-0.39, 0.29) is 22.9 Å². The Morgan fingerprint density at radius 1 is 1.19 bits per heavy atom. The first-order chi connectivity index (χ1) is 14.8. The van der Waals surface area contributed by atoms with Crippen molar-refractivity contribution in [1.82, 2.24) is 14.9 Å². The van der Waals surface area contributed by atoms with Crippen molar-refractivity contribution < 1.29 is 13.2 Å². The highest BCUT2D eigenvalue weighted by molar-refractivity contribution is 7.89. The summed E-state index contributed by atoms with van der Waals surface area (Å²) in [6.45, 7) is 6.69. The lowest BCUT2D eigenvalue weighted by Gasteiger charge is -2.36. The van der Waals surface area contributed by atoms with Gasteiger partial charge in [0.05, 0.1) is 10.9 Å². The normalized spacial score (nSPS) is 19.3. The van der Waals surface area contributed by atoms with Crippen LogP contribution in [0, 0.1) is 12.8 Å². The Labute approximate surface area is 189 Å². The molecule has 2 aliphatic rings. The lowest BCUT2D eigenvalue weighted by atomic mass is 9.97. The molecule has 1 aromatic carbocycles. The molecule has 6 nitrogen and oxygen atoms in total. The molecule has 1 aliphatic heterocycles. The number of hydrogen-bond acceptors (Lipinski definition) is 5. The molecule has 31 heavy (non-hydrogen) atoms. The average Bonchev–Trinajstić information content (AvgIpc) is 3.37. The van der Waals surface area contributed by atoms with Crippen LogP contribution in [0.2, 0.25) is 0 Å². The topological polar surface area (TPSA) is 78.5 Å². The van der Waals surface area contributed by atoms with Gasteiger partial charge in [-0.15, -0.1) is 11.3 Å². The van der Waals surface area contributed by atoms with E-state index >= 15 is 0 Å². The van der Waals surface area contributed by atoms with Gasteiger partial charge in [0, 0.05) is 23.0 Å².